The molecule has 1 aromatic heterocycles. The number of aryl methyl sites for hydroxylation is 1. The van der Waals surface area contributed by atoms with Crippen molar-refractivity contribution in [3.63, 3.8) is 0 Å². The van der Waals surface area contributed by atoms with Gasteiger partial charge in [0.2, 0.25) is 0 Å². The fraction of sp³-hybridized carbons (Fsp3) is 0.467. The van der Waals surface area contributed by atoms with E-state index in [1.165, 1.54) is 16.7 Å². The molecule has 2 heterocycles. The van der Waals surface area contributed by atoms with Crippen molar-refractivity contribution in [1.29, 1.82) is 0 Å². The van der Waals surface area contributed by atoms with Crippen molar-refractivity contribution >= 4 is 11.6 Å². The highest BCUT2D eigenvalue weighted by Gasteiger charge is 2.36. The highest BCUT2D eigenvalue weighted by molar-refractivity contribution is 6.00. The van der Waals surface area contributed by atoms with Gasteiger partial charge >= 0.3 is 0 Å². The molecule has 34 heavy (non-hydrogen) atoms. The van der Waals surface area contributed by atoms with E-state index in [1.54, 1.807) is 6.20 Å². The van der Waals surface area contributed by atoms with Gasteiger partial charge in [0.1, 0.15) is 5.82 Å². The molecule has 1 N–H and O–H groups in total. The summed E-state index contributed by atoms with van der Waals surface area (Å²) >= 11 is 0. The van der Waals surface area contributed by atoms with Gasteiger partial charge in [-0.2, -0.15) is 5.10 Å². The van der Waals surface area contributed by atoms with Crippen LogP contribution in [0.5, 0.6) is 0 Å². The van der Waals surface area contributed by atoms with Gasteiger partial charge in [-0.05, 0) is 69.4 Å². The zero-order valence-electron chi connectivity index (χ0n) is 21.4. The lowest BCUT2D eigenvalue weighted by Gasteiger charge is -2.38. The topological polar surface area (TPSA) is 46.9 Å². The molecule has 0 amide bonds. The van der Waals surface area contributed by atoms with Gasteiger partial charge in [-0.25, -0.2) is 4.68 Å². The zero-order valence-corrected chi connectivity index (χ0v) is 21.4. The molecule has 4 heteroatoms. The van der Waals surface area contributed by atoms with E-state index in [-0.39, 0.29) is 22.8 Å². The molecule has 1 aliphatic heterocycles. The first kappa shape index (κ1) is 24.3. The van der Waals surface area contributed by atoms with Crippen LogP contribution in [0.3, 0.4) is 0 Å². The first-order chi connectivity index (χ1) is 16.3. The summed E-state index contributed by atoms with van der Waals surface area (Å²) in [4.78, 5) is 13.4. The quantitative estimate of drug-likeness (QED) is 0.337. The molecule has 0 fully saturated rings. The third-order valence-corrected chi connectivity index (χ3v) is 7.94. The fourth-order valence-corrected chi connectivity index (χ4v) is 5.62. The highest BCUT2D eigenvalue weighted by atomic mass is 16.1. The summed E-state index contributed by atoms with van der Waals surface area (Å²) in [5, 5.41) is 8.28. The summed E-state index contributed by atoms with van der Waals surface area (Å²) in [7, 11) is 0. The molecule has 180 valence electrons. The maximum absolute atomic E-state index is 13.4. The van der Waals surface area contributed by atoms with Crippen LogP contribution in [0, 0.1) is 6.92 Å². The third-order valence-electron chi connectivity index (χ3n) is 7.94. The van der Waals surface area contributed by atoms with Gasteiger partial charge in [0.25, 0.3) is 0 Å². The molecule has 0 spiro atoms. The number of hydrogen-bond donors (Lipinski definition) is 1. The minimum Gasteiger partial charge on any atom is -0.363 e. The van der Waals surface area contributed by atoms with Gasteiger partial charge in [-0.15, -0.1) is 0 Å². The molecule has 0 bridgehead atoms. The Morgan fingerprint density at radius 2 is 1.76 bits per heavy atom. The number of anilines is 1. The van der Waals surface area contributed by atoms with Crippen molar-refractivity contribution < 1.29 is 4.79 Å². The summed E-state index contributed by atoms with van der Waals surface area (Å²) in [6.07, 6.45) is 7.30. The van der Waals surface area contributed by atoms with Crippen LogP contribution in [0.15, 0.2) is 60.8 Å². The van der Waals surface area contributed by atoms with E-state index in [0.29, 0.717) is 6.42 Å². The summed E-state index contributed by atoms with van der Waals surface area (Å²) in [6.45, 7) is 11.1. The van der Waals surface area contributed by atoms with Crippen LogP contribution in [0.25, 0.3) is 0 Å². The standard InChI is InChI=1S/C30H39N3O/c1-6-30(7-2,24-17-15-22(3)16-18-24)19-11-14-27(34)25-21-31-33-28(25)32-26(20-29(33,4)5)23-12-9-8-10-13-23/h8-10,12-13,15-18,21,26,32H,6-7,11,14,19-20H2,1-5H3/t26-/m1/s1. The molecular formula is C30H39N3O. The summed E-state index contributed by atoms with van der Waals surface area (Å²) in [5.74, 6) is 1.05. The van der Waals surface area contributed by atoms with Crippen molar-refractivity contribution in [2.45, 2.75) is 90.1 Å². The predicted octanol–water partition coefficient (Wildman–Crippen LogP) is 7.59. The Kier molecular flexibility index (Phi) is 6.97. The van der Waals surface area contributed by atoms with Gasteiger partial charge in [0, 0.05) is 6.42 Å². The van der Waals surface area contributed by atoms with E-state index in [4.69, 9.17) is 0 Å². The molecule has 0 saturated carbocycles. The van der Waals surface area contributed by atoms with E-state index in [9.17, 15) is 4.79 Å². The summed E-state index contributed by atoms with van der Waals surface area (Å²) in [5.41, 5.74) is 4.62. The second-order valence-corrected chi connectivity index (χ2v) is 10.6. The molecule has 2 aromatic carbocycles. The summed E-state index contributed by atoms with van der Waals surface area (Å²) in [6, 6.07) is 19.6. The van der Waals surface area contributed by atoms with Crippen LogP contribution < -0.4 is 5.32 Å². The monoisotopic (exact) mass is 457 g/mol. The Hall–Kier alpha value is -2.88. The number of rotatable bonds is 9. The van der Waals surface area contributed by atoms with Crippen molar-refractivity contribution in [2.24, 2.45) is 0 Å². The molecule has 4 rings (SSSR count). The van der Waals surface area contributed by atoms with Crippen LogP contribution >= 0.6 is 0 Å². The lowest BCUT2D eigenvalue weighted by Crippen LogP contribution is -2.38. The van der Waals surface area contributed by atoms with Crippen molar-refractivity contribution in [3.05, 3.63) is 83.0 Å². The normalized spacial score (nSPS) is 17.1. The Morgan fingerprint density at radius 3 is 2.41 bits per heavy atom. The van der Waals surface area contributed by atoms with E-state index in [1.807, 2.05) is 10.7 Å². The molecule has 4 nitrogen and oxygen atoms in total. The molecule has 0 radical (unpaired) electrons. The second kappa shape index (κ2) is 9.77. The number of nitrogens with zero attached hydrogens (tertiary/aromatic N) is 2. The lowest BCUT2D eigenvalue weighted by atomic mass is 9.72. The molecule has 0 saturated heterocycles. The third kappa shape index (κ3) is 4.68. The zero-order chi connectivity index (χ0) is 24.3. The Bertz CT molecular complexity index is 1110. The van der Waals surface area contributed by atoms with Crippen molar-refractivity contribution in [3.8, 4) is 0 Å². The number of fused-ring (bicyclic) bond motifs is 1. The number of carbonyl (C=O) groups excluding carboxylic acids is 1. The average Bonchev–Trinajstić information content (AvgIpc) is 3.28. The highest BCUT2D eigenvalue weighted by Crippen LogP contribution is 2.41. The molecule has 1 atom stereocenters. The van der Waals surface area contributed by atoms with Crippen LogP contribution in [-0.2, 0) is 11.0 Å². The van der Waals surface area contributed by atoms with Gasteiger partial charge < -0.3 is 5.32 Å². The van der Waals surface area contributed by atoms with Crippen LogP contribution in [0.1, 0.15) is 99.3 Å². The molecule has 3 aromatic rings. The number of hydrogen-bond acceptors (Lipinski definition) is 3. The second-order valence-electron chi connectivity index (χ2n) is 10.6. The SMILES string of the molecule is CCC(CC)(CCCC(=O)c1cnn2c1N[C@@H](c1ccccc1)CC2(C)C)c1ccc(C)cc1. The van der Waals surface area contributed by atoms with Gasteiger partial charge in [0.05, 0.1) is 23.3 Å². The first-order valence-electron chi connectivity index (χ1n) is 12.8. The van der Waals surface area contributed by atoms with Gasteiger partial charge in [0.15, 0.2) is 5.78 Å². The minimum absolute atomic E-state index is 0.130. The first-order valence-corrected chi connectivity index (χ1v) is 12.8. The number of ketones is 1. The smallest absolute Gasteiger partial charge is 0.168 e. The number of nitrogens with one attached hydrogen (secondary N) is 1. The largest absolute Gasteiger partial charge is 0.363 e. The van der Waals surface area contributed by atoms with Crippen molar-refractivity contribution in [2.75, 3.05) is 5.32 Å². The van der Waals surface area contributed by atoms with Gasteiger partial charge in [-0.1, -0.05) is 74.0 Å². The molecular weight excluding hydrogens is 418 g/mol. The van der Waals surface area contributed by atoms with Crippen LogP contribution in [0.2, 0.25) is 0 Å². The van der Waals surface area contributed by atoms with Crippen molar-refractivity contribution in [1.82, 2.24) is 9.78 Å². The minimum atomic E-state index is -0.162. The van der Waals surface area contributed by atoms with E-state index >= 15 is 0 Å². The Morgan fingerprint density at radius 1 is 1.09 bits per heavy atom. The number of carbonyl (C=O) groups is 1. The lowest BCUT2D eigenvalue weighted by molar-refractivity contribution is 0.0976. The summed E-state index contributed by atoms with van der Waals surface area (Å²) < 4.78 is 2.01. The van der Waals surface area contributed by atoms with E-state index < -0.39 is 0 Å². The number of aromatic nitrogens is 2. The van der Waals surface area contributed by atoms with E-state index in [2.05, 4.69) is 93.6 Å². The predicted molar refractivity (Wildman–Crippen MR) is 141 cm³/mol. The number of benzene rings is 2. The van der Waals surface area contributed by atoms with E-state index in [0.717, 1.165) is 43.5 Å². The Labute approximate surface area is 204 Å². The maximum atomic E-state index is 13.4. The van der Waals surface area contributed by atoms with Gasteiger partial charge in [-0.3, -0.25) is 4.79 Å². The fourth-order valence-electron chi connectivity index (χ4n) is 5.62. The maximum Gasteiger partial charge on any atom is 0.168 e. The Balaban J connectivity index is 1.49. The van der Waals surface area contributed by atoms with Crippen LogP contribution in [0.4, 0.5) is 5.82 Å². The average molecular weight is 458 g/mol. The molecule has 0 aliphatic carbocycles. The number of Topliss-reactive ketones (excluding diaryl/α,β-unsaturated/α-hetero) is 1. The van der Waals surface area contributed by atoms with Crippen LogP contribution in [-0.4, -0.2) is 15.6 Å². The molecule has 0 unspecified atom stereocenters. The molecule has 1 aliphatic rings.